The highest BCUT2D eigenvalue weighted by atomic mass is 32.2. The summed E-state index contributed by atoms with van der Waals surface area (Å²) in [6, 6.07) is 15.0. The van der Waals surface area contributed by atoms with Gasteiger partial charge in [-0.05, 0) is 50.1 Å². The van der Waals surface area contributed by atoms with E-state index in [1.54, 1.807) is 10.6 Å². The minimum Gasteiger partial charge on any atom is -0.353 e. The maximum Gasteiger partial charge on any atom is 0.262 e. The lowest BCUT2D eigenvalue weighted by Gasteiger charge is -2.19. The Bertz CT molecular complexity index is 1110. The van der Waals surface area contributed by atoms with Crippen molar-refractivity contribution >= 4 is 34.3 Å². The molecule has 0 aliphatic rings. The number of para-hydroxylation sites is 1. The summed E-state index contributed by atoms with van der Waals surface area (Å²) in [5, 5.41) is 3.95. The molecule has 1 N–H and O–H groups in total. The number of ether oxygens (including phenoxy) is 2. The van der Waals surface area contributed by atoms with Crippen LogP contribution in [0.15, 0.2) is 58.5 Å². The lowest BCUT2D eigenvalue weighted by molar-refractivity contribution is -0.141. The fourth-order valence-electron chi connectivity index (χ4n) is 3.43. The summed E-state index contributed by atoms with van der Waals surface area (Å²) in [6.45, 7) is 7.33. The normalized spacial score (nSPS) is 11.3. The van der Waals surface area contributed by atoms with Crippen molar-refractivity contribution in [1.29, 1.82) is 0 Å². The van der Waals surface area contributed by atoms with Gasteiger partial charge in [0.15, 0.2) is 11.4 Å². The Balaban J connectivity index is 1.77. The second kappa shape index (κ2) is 12.5. The number of nitrogens with one attached hydrogen (secondary N) is 1. The van der Waals surface area contributed by atoms with Crippen LogP contribution in [0.2, 0.25) is 0 Å². The zero-order valence-corrected chi connectivity index (χ0v) is 20.2. The van der Waals surface area contributed by atoms with Crippen molar-refractivity contribution in [2.75, 3.05) is 24.3 Å². The van der Waals surface area contributed by atoms with Crippen LogP contribution in [0, 0.1) is 0 Å². The molecule has 0 saturated heterocycles. The number of thioether (sulfide) groups is 1. The first-order chi connectivity index (χ1) is 16.0. The molecule has 8 heteroatoms. The van der Waals surface area contributed by atoms with Gasteiger partial charge in [0, 0.05) is 31.9 Å². The fraction of sp³-hybridized carbons (Fsp3) is 0.400. The lowest BCUT2D eigenvalue weighted by Crippen LogP contribution is -2.27. The summed E-state index contributed by atoms with van der Waals surface area (Å²) >= 11 is 1.25. The summed E-state index contributed by atoms with van der Waals surface area (Å²) in [6.07, 6.45) is 1.05. The van der Waals surface area contributed by atoms with Crippen molar-refractivity contribution < 1.29 is 14.3 Å². The number of aromatic nitrogens is 2. The Labute approximate surface area is 198 Å². The predicted octanol–water partition coefficient (Wildman–Crippen LogP) is 4.48. The van der Waals surface area contributed by atoms with Crippen LogP contribution in [0.5, 0.6) is 0 Å². The Morgan fingerprint density at radius 3 is 2.42 bits per heavy atom. The van der Waals surface area contributed by atoms with Gasteiger partial charge in [-0.1, -0.05) is 43.0 Å². The van der Waals surface area contributed by atoms with Gasteiger partial charge in [0.1, 0.15) is 0 Å². The summed E-state index contributed by atoms with van der Waals surface area (Å²) in [5.41, 5.74) is 2.44. The third-order valence-electron chi connectivity index (χ3n) is 5.10. The van der Waals surface area contributed by atoms with Gasteiger partial charge in [-0.2, -0.15) is 0 Å². The van der Waals surface area contributed by atoms with E-state index in [-0.39, 0.29) is 17.2 Å². The Morgan fingerprint density at radius 2 is 1.76 bits per heavy atom. The minimum atomic E-state index is -0.398. The highest BCUT2D eigenvalue weighted by Crippen LogP contribution is 2.20. The largest absolute Gasteiger partial charge is 0.353 e. The van der Waals surface area contributed by atoms with Gasteiger partial charge in [-0.3, -0.25) is 14.2 Å². The standard InChI is InChI=1S/C25H31N3O4S/c1-4-18-11-13-19(14-12-18)26-22(29)17-33-25-27-21-10-8-7-9-20(21)24(30)28(25)16-15-23(31-5-2)32-6-3/h7-14,23H,4-6,15-17H2,1-3H3,(H,26,29). The van der Waals surface area contributed by atoms with E-state index < -0.39 is 6.29 Å². The minimum absolute atomic E-state index is 0.134. The van der Waals surface area contributed by atoms with E-state index in [1.165, 1.54) is 17.3 Å². The molecular formula is C25H31N3O4S. The second-order valence-electron chi connectivity index (χ2n) is 7.38. The van der Waals surface area contributed by atoms with Gasteiger partial charge in [-0.15, -0.1) is 0 Å². The topological polar surface area (TPSA) is 82.5 Å². The fourth-order valence-corrected chi connectivity index (χ4v) is 4.25. The molecule has 0 radical (unpaired) electrons. The maximum absolute atomic E-state index is 13.2. The molecule has 3 rings (SSSR count). The first-order valence-electron chi connectivity index (χ1n) is 11.3. The molecule has 0 fully saturated rings. The van der Waals surface area contributed by atoms with E-state index in [4.69, 9.17) is 9.47 Å². The number of benzene rings is 2. The second-order valence-corrected chi connectivity index (χ2v) is 8.33. The van der Waals surface area contributed by atoms with E-state index in [9.17, 15) is 9.59 Å². The van der Waals surface area contributed by atoms with Crippen LogP contribution < -0.4 is 10.9 Å². The highest BCUT2D eigenvalue weighted by Gasteiger charge is 2.16. The summed E-state index contributed by atoms with van der Waals surface area (Å²) in [7, 11) is 0. The number of hydrogen-bond acceptors (Lipinski definition) is 6. The van der Waals surface area contributed by atoms with Gasteiger partial charge in [-0.25, -0.2) is 4.98 Å². The molecule has 33 heavy (non-hydrogen) atoms. The van der Waals surface area contributed by atoms with Gasteiger partial charge in [0.25, 0.3) is 5.56 Å². The van der Waals surface area contributed by atoms with Gasteiger partial charge in [0.2, 0.25) is 5.91 Å². The Morgan fingerprint density at radius 1 is 1.06 bits per heavy atom. The van der Waals surface area contributed by atoms with Crippen LogP contribution in [-0.2, 0) is 27.2 Å². The van der Waals surface area contributed by atoms with Crippen molar-refractivity contribution in [3.8, 4) is 0 Å². The number of carbonyl (C=O) groups is 1. The monoisotopic (exact) mass is 469 g/mol. The quantitative estimate of drug-likeness (QED) is 0.239. The number of aryl methyl sites for hydroxylation is 1. The smallest absolute Gasteiger partial charge is 0.262 e. The Kier molecular flexibility index (Phi) is 9.47. The van der Waals surface area contributed by atoms with E-state index in [2.05, 4.69) is 17.2 Å². The number of fused-ring (bicyclic) bond motifs is 1. The summed E-state index contributed by atoms with van der Waals surface area (Å²) in [4.78, 5) is 30.4. The first kappa shape index (κ1) is 25.0. The number of anilines is 1. The summed E-state index contributed by atoms with van der Waals surface area (Å²) < 4.78 is 12.9. The average Bonchev–Trinajstić information content (AvgIpc) is 2.83. The molecule has 176 valence electrons. The van der Waals surface area contributed by atoms with Crippen LogP contribution >= 0.6 is 11.8 Å². The van der Waals surface area contributed by atoms with Gasteiger partial charge < -0.3 is 14.8 Å². The highest BCUT2D eigenvalue weighted by molar-refractivity contribution is 7.99. The maximum atomic E-state index is 13.2. The number of rotatable bonds is 12. The average molecular weight is 470 g/mol. The van der Waals surface area contributed by atoms with Gasteiger partial charge in [0.05, 0.1) is 16.7 Å². The summed E-state index contributed by atoms with van der Waals surface area (Å²) in [5.74, 6) is -0.0135. The number of carbonyl (C=O) groups excluding carboxylic acids is 1. The van der Waals surface area contributed by atoms with Crippen LogP contribution in [0.25, 0.3) is 10.9 Å². The van der Waals surface area contributed by atoms with Crippen molar-refractivity contribution in [2.24, 2.45) is 0 Å². The third kappa shape index (κ3) is 6.90. The number of nitrogens with zero attached hydrogens (tertiary/aromatic N) is 2. The molecule has 3 aromatic rings. The van der Waals surface area contributed by atoms with Crippen molar-refractivity contribution in [2.45, 2.75) is 51.6 Å². The number of amides is 1. The van der Waals surface area contributed by atoms with Gasteiger partial charge >= 0.3 is 0 Å². The molecule has 0 unspecified atom stereocenters. The molecule has 1 heterocycles. The van der Waals surface area contributed by atoms with Crippen LogP contribution in [0.1, 0.15) is 32.8 Å². The third-order valence-corrected chi connectivity index (χ3v) is 6.07. The zero-order chi connectivity index (χ0) is 23.6. The molecule has 1 amide bonds. The van der Waals surface area contributed by atoms with Crippen molar-refractivity contribution in [3.63, 3.8) is 0 Å². The SMILES string of the molecule is CCOC(CCn1c(SCC(=O)Nc2ccc(CC)cc2)nc2ccccc2c1=O)OCC. The molecule has 1 aromatic heterocycles. The molecule has 0 spiro atoms. The van der Waals surface area contributed by atoms with E-state index in [0.717, 1.165) is 12.1 Å². The van der Waals surface area contributed by atoms with E-state index in [1.807, 2.05) is 56.3 Å². The van der Waals surface area contributed by atoms with Crippen molar-refractivity contribution in [1.82, 2.24) is 9.55 Å². The Hall–Kier alpha value is -2.68. The zero-order valence-electron chi connectivity index (χ0n) is 19.4. The molecule has 0 bridgehead atoms. The molecular weight excluding hydrogens is 438 g/mol. The molecule has 0 atom stereocenters. The molecule has 7 nitrogen and oxygen atoms in total. The predicted molar refractivity (Wildman–Crippen MR) is 133 cm³/mol. The van der Waals surface area contributed by atoms with E-state index in [0.29, 0.717) is 42.2 Å². The molecule has 0 aliphatic heterocycles. The van der Waals surface area contributed by atoms with Crippen LogP contribution in [0.4, 0.5) is 5.69 Å². The van der Waals surface area contributed by atoms with Crippen molar-refractivity contribution in [3.05, 3.63) is 64.4 Å². The van der Waals surface area contributed by atoms with Crippen LogP contribution in [-0.4, -0.2) is 40.7 Å². The molecule has 0 aliphatic carbocycles. The lowest BCUT2D eigenvalue weighted by atomic mass is 10.1. The molecule has 0 saturated carbocycles. The van der Waals surface area contributed by atoms with Crippen LogP contribution in [0.3, 0.4) is 0 Å². The first-order valence-corrected chi connectivity index (χ1v) is 12.3. The molecule has 2 aromatic carbocycles. The number of hydrogen-bond donors (Lipinski definition) is 1. The van der Waals surface area contributed by atoms with E-state index >= 15 is 0 Å².